The van der Waals surface area contributed by atoms with E-state index in [4.69, 9.17) is 0 Å². The maximum atomic E-state index is 12.2. The molecule has 0 saturated carbocycles. The number of nitriles is 1. The van der Waals surface area contributed by atoms with Gasteiger partial charge in [0, 0.05) is 18.1 Å². The number of benzene rings is 1. The van der Waals surface area contributed by atoms with Crippen molar-refractivity contribution in [3.63, 3.8) is 0 Å². The molecule has 5 nitrogen and oxygen atoms in total. The van der Waals surface area contributed by atoms with E-state index in [9.17, 15) is 10.1 Å². The van der Waals surface area contributed by atoms with Crippen LogP contribution in [0.15, 0.2) is 54.4 Å². The Kier molecular flexibility index (Phi) is 6.73. The fourth-order valence-corrected chi connectivity index (χ4v) is 2.18. The number of aromatic nitrogens is 1. The van der Waals surface area contributed by atoms with E-state index in [1.807, 2.05) is 43.3 Å². The minimum Gasteiger partial charge on any atom is -0.345 e. The average Bonchev–Trinajstić information content (AvgIpc) is 2.63. The van der Waals surface area contributed by atoms with Crippen LogP contribution in [0.5, 0.6) is 0 Å². The van der Waals surface area contributed by atoms with Gasteiger partial charge in [-0.3, -0.25) is 4.79 Å². The number of nitrogens with zero attached hydrogens (tertiary/aromatic N) is 2. The number of amides is 1. The quantitative estimate of drug-likeness (QED) is 0.588. The van der Waals surface area contributed by atoms with Crippen molar-refractivity contribution in [1.82, 2.24) is 4.98 Å². The van der Waals surface area contributed by atoms with Gasteiger partial charge < -0.3 is 10.6 Å². The number of carbonyl (C=O) groups excluding carboxylic acids is 1. The lowest BCUT2D eigenvalue weighted by atomic mass is 10.1. The van der Waals surface area contributed by atoms with Gasteiger partial charge in [-0.15, -0.1) is 0 Å². The van der Waals surface area contributed by atoms with Gasteiger partial charge in [-0.2, -0.15) is 5.26 Å². The van der Waals surface area contributed by atoms with E-state index in [0.29, 0.717) is 11.5 Å². The number of rotatable bonds is 7. The van der Waals surface area contributed by atoms with E-state index in [1.165, 1.54) is 11.8 Å². The summed E-state index contributed by atoms with van der Waals surface area (Å²) in [4.78, 5) is 16.4. The zero-order chi connectivity index (χ0) is 18.1. The van der Waals surface area contributed by atoms with Gasteiger partial charge in [-0.05, 0) is 49.1 Å². The summed E-state index contributed by atoms with van der Waals surface area (Å²) in [6, 6.07) is 13.3. The highest BCUT2D eigenvalue weighted by Gasteiger charge is 2.09. The highest BCUT2D eigenvalue weighted by atomic mass is 16.1. The van der Waals surface area contributed by atoms with Crippen molar-refractivity contribution >= 4 is 17.4 Å². The van der Waals surface area contributed by atoms with Crippen LogP contribution in [0.2, 0.25) is 0 Å². The molecule has 25 heavy (non-hydrogen) atoms. The first kappa shape index (κ1) is 18.2. The van der Waals surface area contributed by atoms with Gasteiger partial charge in [0.1, 0.15) is 17.5 Å². The Morgan fingerprint density at radius 2 is 2.00 bits per heavy atom. The molecule has 2 aromatic rings. The Morgan fingerprint density at radius 1 is 1.24 bits per heavy atom. The lowest BCUT2D eigenvalue weighted by molar-refractivity contribution is -0.112. The predicted molar refractivity (Wildman–Crippen MR) is 100.0 cm³/mol. The Balaban J connectivity index is 1.98. The Labute approximate surface area is 148 Å². The van der Waals surface area contributed by atoms with Crippen LogP contribution in [0.25, 0.3) is 0 Å². The topological polar surface area (TPSA) is 77.8 Å². The number of carbonyl (C=O) groups is 1. The normalized spacial score (nSPS) is 10.8. The third-order valence-electron chi connectivity index (χ3n) is 3.67. The van der Waals surface area contributed by atoms with Crippen LogP contribution in [0.3, 0.4) is 0 Å². The molecule has 0 radical (unpaired) electrons. The van der Waals surface area contributed by atoms with Crippen LogP contribution < -0.4 is 10.6 Å². The second-order valence-corrected chi connectivity index (χ2v) is 5.79. The van der Waals surface area contributed by atoms with Gasteiger partial charge in [-0.1, -0.05) is 31.5 Å². The van der Waals surface area contributed by atoms with Crippen LogP contribution in [-0.2, 0) is 11.2 Å². The fourth-order valence-electron chi connectivity index (χ4n) is 2.18. The van der Waals surface area contributed by atoms with Gasteiger partial charge in [0.2, 0.25) is 0 Å². The molecular formula is C20H22N4O. The number of anilines is 2. The summed E-state index contributed by atoms with van der Waals surface area (Å²) in [6.45, 7) is 4.10. The molecule has 1 aromatic carbocycles. The monoisotopic (exact) mass is 334 g/mol. The smallest absolute Gasteiger partial charge is 0.267 e. The first-order valence-electron chi connectivity index (χ1n) is 8.32. The van der Waals surface area contributed by atoms with Gasteiger partial charge in [0.05, 0.1) is 0 Å². The second kappa shape index (κ2) is 9.24. The van der Waals surface area contributed by atoms with E-state index >= 15 is 0 Å². The molecule has 0 saturated heterocycles. The largest absolute Gasteiger partial charge is 0.345 e. The minimum atomic E-state index is -0.455. The predicted octanol–water partition coefficient (Wildman–Crippen LogP) is 4.19. The Morgan fingerprint density at radius 3 is 2.60 bits per heavy atom. The van der Waals surface area contributed by atoms with Crippen LogP contribution >= 0.6 is 0 Å². The summed E-state index contributed by atoms with van der Waals surface area (Å²) >= 11 is 0. The molecule has 1 amide bonds. The summed E-state index contributed by atoms with van der Waals surface area (Å²) in [5, 5.41) is 14.8. The number of hydrogen-bond acceptors (Lipinski definition) is 4. The molecule has 1 aromatic heterocycles. The van der Waals surface area contributed by atoms with Crippen LogP contribution in [0.1, 0.15) is 30.9 Å². The second-order valence-electron chi connectivity index (χ2n) is 5.79. The highest BCUT2D eigenvalue weighted by Crippen LogP contribution is 2.13. The van der Waals surface area contributed by atoms with E-state index in [1.54, 1.807) is 12.3 Å². The van der Waals surface area contributed by atoms with Crippen LogP contribution in [-0.4, -0.2) is 10.9 Å². The van der Waals surface area contributed by atoms with Crippen LogP contribution in [0, 0.1) is 18.3 Å². The zero-order valence-electron chi connectivity index (χ0n) is 14.5. The molecule has 1 heterocycles. The molecule has 0 spiro atoms. The average molecular weight is 334 g/mol. The summed E-state index contributed by atoms with van der Waals surface area (Å²) in [5.41, 5.74) is 2.93. The number of pyridine rings is 1. The van der Waals surface area contributed by atoms with Gasteiger partial charge >= 0.3 is 0 Å². The summed E-state index contributed by atoms with van der Waals surface area (Å²) in [7, 11) is 0. The van der Waals surface area contributed by atoms with Crippen LogP contribution in [0.4, 0.5) is 11.5 Å². The molecule has 0 aliphatic rings. The molecule has 0 aliphatic heterocycles. The molecule has 0 bridgehead atoms. The van der Waals surface area contributed by atoms with Crippen molar-refractivity contribution in [2.24, 2.45) is 0 Å². The maximum absolute atomic E-state index is 12.2. The summed E-state index contributed by atoms with van der Waals surface area (Å²) in [5.74, 6) is 0.120. The number of aryl methyl sites for hydroxylation is 2. The van der Waals surface area contributed by atoms with E-state index in [-0.39, 0.29) is 5.57 Å². The SMILES string of the molecule is CCCCc1ccc(NC(=O)/C(C#N)=C\Nc2ccc(C)cn2)cc1. The molecule has 0 aliphatic carbocycles. The van der Waals surface area contributed by atoms with Crippen molar-refractivity contribution in [3.8, 4) is 6.07 Å². The summed E-state index contributed by atoms with van der Waals surface area (Å²) in [6.07, 6.45) is 6.40. The molecule has 128 valence electrons. The summed E-state index contributed by atoms with van der Waals surface area (Å²) < 4.78 is 0. The molecule has 0 atom stereocenters. The first-order chi connectivity index (χ1) is 12.1. The maximum Gasteiger partial charge on any atom is 0.267 e. The van der Waals surface area contributed by atoms with Crippen molar-refractivity contribution in [2.75, 3.05) is 10.6 Å². The zero-order valence-corrected chi connectivity index (χ0v) is 14.5. The lowest BCUT2D eigenvalue weighted by Crippen LogP contribution is -2.14. The van der Waals surface area contributed by atoms with Gasteiger partial charge in [0.15, 0.2) is 0 Å². The molecule has 0 fully saturated rings. The van der Waals surface area contributed by atoms with E-state index in [0.717, 1.165) is 24.8 Å². The molecular weight excluding hydrogens is 312 g/mol. The molecule has 0 unspecified atom stereocenters. The number of unbranched alkanes of at least 4 members (excludes halogenated alkanes) is 1. The van der Waals surface area contributed by atoms with E-state index < -0.39 is 5.91 Å². The standard InChI is InChI=1S/C20H22N4O/c1-3-4-5-16-7-9-18(10-8-16)24-20(25)17(12-21)14-23-19-11-6-15(2)13-22-19/h6-11,13-14H,3-5H2,1-2H3,(H,22,23)(H,24,25)/b17-14-. The first-order valence-corrected chi connectivity index (χ1v) is 8.32. The molecule has 5 heteroatoms. The molecule has 2 rings (SSSR count). The van der Waals surface area contributed by atoms with Crippen molar-refractivity contribution in [2.45, 2.75) is 33.1 Å². The Hall–Kier alpha value is -3.13. The third kappa shape index (κ3) is 5.78. The lowest BCUT2D eigenvalue weighted by Gasteiger charge is -2.06. The van der Waals surface area contributed by atoms with Crippen molar-refractivity contribution < 1.29 is 4.79 Å². The van der Waals surface area contributed by atoms with E-state index in [2.05, 4.69) is 22.5 Å². The van der Waals surface area contributed by atoms with Gasteiger partial charge in [0.25, 0.3) is 5.91 Å². The van der Waals surface area contributed by atoms with Crippen molar-refractivity contribution in [1.29, 1.82) is 5.26 Å². The van der Waals surface area contributed by atoms with Gasteiger partial charge in [-0.25, -0.2) is 4.98 Å². The number of nitrogens with one attached hydrogen (secondary N) is 2. The highest BCUT2D eigenvalue weighted by molar-refractivity contribution is 6.06. The number of hydrogen-bond donors (Lipinski definition) is 2. The minimum absolute atomic E-state index is 0.0163. The van der Waals surface area contributed by atoms with Crippen molar-refractivity contribution in [3.05, 3.63) is 65.5 Å². The fraction of sp³-hybridized carbons (Fsp3) is 0.250. The third-order valence-corrected chi connectivity index (χ3v) is 3.67. The Bertz CT molecular complexity index is 771. The molecule has 2 N–H and O–H groups in total.